The van der Waals surface area contributed by atoms with E-state index >= 15 is 0 Å². The Balaban J connectivity index is 1.40. The van der Waals surface area contributed by atoms with Gasteiger partial charge in [-0.2, -0.15) is 0 Å². The summed E-state index contributed by atoms with van der Waals surface area (Å²) in [6, 6.07) is 66.1. The van der Waals surface area contributed by atoms with Gasteiger partial charge in [-0.05, 0) is 76.3 Å². The van der Waals surface area contributed by atoms with E-state index in [1.165, 1.54) is 49.6 Å². The van der Waals surface area contributed by atoms with Crippen LogP contribution in [0.5, 0.6) is 0 Å². The molecular formula is C43H30N2. The first-order chi connectivity index (χ1) is 22.4. The minimum atomic E-state index is -0.546. The van der Waals surface area contributed by atoms with Crippen LogP contribution in [-0.4, -0.2) is 4.57 Å². The molecule has 2 nitrogen and oxygen atoms in total. The van der Waals surface area contributed by atoms with E-state index in [0.29, 0.717) is 0 Å². The van der Waals surface area contributed by atoms with Crippen LogP contribution in [0.25, 0.3) is 32.9 Å². The molecule has 1 aromatic heterocycles. The summed E-state index contributed by atoms with van der Waals surface area (Å²) in [6.45, 7) is 0. The molecule has 0 N–H and O–H groups in total. The molecule has 0 amide bonds. The highest BCUT2D eigenvalue weighted by atomic mass is 15.1. The first-order valence-corrected chi connectivity index (χ1v) is 15.5. The van der Waals surface area contributed by atoms with Crippen LogP contribution in [0.3, 0.4) is 0 Å². The van der Waals surface area contributed by atoms with Crippen LogP contribution in [0.1, 0.15) is 16.7 Å². The van der Waals surface area contributed by atoms with E-state index in [4.69, 9.17) is 0 Å². The molecule has 0 spiro atoms. The molecule has 1 aliphatic rings. The van der Waals surface area contributed by atoms with Crippen molar-refractivity contribution in [3.8, 4) is 11.1 Å². The van der Waals surface area contributed by atoms with E-state index in [1.807, 2.05) is 0 Å². The van der Waals surface area contributed by atoms with E-state index in [9.17, 15) is 0 Å². The Hall–Kier alpha value is -5.86. The SMILES string of the molecule is c1ccc(N(c2ccccc2)c2ccc3c(c2)c2ccccc2n3C2(c3ccccc3)c3ccccc3-c3ccccc32)cc1. The topological polar surface area (TPSA) is 8.17 Å². The summed E-state index contributed by atoms with van der Waals surface area (Å²) in [5, 5.41) is 2.48. The molecule has 0 fully saturated rings. The van der Waals surface area contributed by atoms with Gasteiger partial charge in [0.2, 0.25) is 0 Å². The van der Waals surface area contributed by atoms with Crippen LogP contribution < -0.4 is 4.90 Å². The molecule has 0 atom stereocenters. The van der Waals surface area contributed by atoms with Crippen LogP contribution >= 0.6 is 0 Å². The molecule has 0 bridgehead atoms. The van der Waals surface area contributed by atoms with Gasteiger partial charge >= 0.3 is 0 Å². The van der Waals surface area contributed by atoms with E-state index in [0.717, 1.165) is 17.1 Å². The highest BCUT2D eigenvalue weighted by Gasteiger charge is 2.47. The fourth-order valence-corrected chi connectivity index (χ4v) is 7.64. The Morgan fingerprint density at radius 2 is 0.867 bits per heavy atom. The number of hydrogen-bond acceptors (Lipinski definition) is 1. The number of nitrogens with zero attached hydrogens (tertiary/aromatic N) is 2. The van der Waals surface area contributed by atoms with Crippen LogP contribution in [0.15, 0.2) is 182 Å². The largest absolute Gasteiger partial charge is 0.322 e. The number of benzene rings is 7. The van der Waals surface area contributed by atoms with Crippen molar-refractivity contribution in [1.82, 2.24) is 4.57 Å². The lowest BCUT2D eigenvalue weighted by Gasteiger charge is -2.36. The number of fused-ring (bicyclic) bond motifs is 6. The molecule has 212 valence electrons. The van der Waals surface area contributed by atoms with Crippen LogP contribution in [0.4, 0.5) is 17.1 Å². The molecular weight excluding hydrogens is 544 g/mol. The highest BCUT2D eigenvalue weighted by Crippen LogP contribution is 2.55. The van der Waals surface area contributed by atoms with E-state index in [1.54, 1.807) is 0 Å². The minimum absolute atomic E-state index is 0.546. The fraction of sp³-hybridized carbons (Fsp3) is 0.0233. The molecule has 8 aromatic rings. The van der Waals surface area contributed by atoms with Gasteiger partial charge in [0, 0.05) is 27.8 Å². The van der Waals surface area contributed by atoms with Gasteiger partial charge < -0.3 is 9.47 Å². The number of aromatic nitrogens is 1. The zero-order valence-corrected chi connectivity index (χ0v) is 24.7. The van der Waals surface area contributed by atoms with E-state index < -0.39 is 5.54 Å². The number of hydrogen-bond donors (Lipinski definition) is 0. The summed E-state index contributed by atoms with van der Waals surface area (Å²) in [5.74, 6) is 0. The smallest absolute Gasteiger partial charge is 0.122 e. The first kappa shape index (κ1) is 25.6. The predicted molar refractivity (Wildman–Crippen MR) is 188 cm³/mol. The summed E-state index contributed by atoms with van der Waals surface area (Å²) >= 11 is 0. The summed E-state index contributed by atoms with van der Waals surface area (Å²) in [6.07, 6.45) is 0. The Morgan fingerprint density at radius 3 is 1.49 bits per heavy atom. The standard InChI is InChI=1S/C43H30N2/c1-4-16-31(17-5-1)43(39-25-13-10-22-35(39)36-23-11-14-26-40(36)43)45-41-27-15-12-24-37(41)38-30-34(28-29-42(38)45)44(32-18-6-2-7-19-32)33-20-8-3-9-21-33/h1-30H. The lowest BCUT2D eigenvalue weighted by molar-refractivity contribution is 0.564. The molecule has 0 radical (unpaired) electrons. The lowest BCUT2D eigenvalue weighted by Crippen LogP contribution is -2.35. The van der Waals surface area contributed by atoms with Gasteiger partial charge in [-0.25, -0.2) is 0 Å². The summed E-state index contributed by atoms with van der Waals surface area (Å²) in [7, 11) is 0. The molecule has 45 heavy (non-hydrogen) atoms. The Morgan fingerprint density at radius 1 is 0.378 bits per heavy atom. The molecule has 7 aromatic carbocycles. The van der Waals surface area contributed by atoms with Crippen molar-refractivity contribution in [1.29, 1.82) is 0 Å². The van der Waals surface area contributed by atoms with Crippen molar-refractivity contribution < 1.29 is 0 Å². The average Bonchev–Trinajstić information content (AvgIpc) is 3.60. The molecule has 1 heterocycles. The van der Waals surface area contributed by atoms with Crippen molar-refractivity contribution in [2.45, 2.75) is 5.54 Å². The van der Waals surface area contributed by atoms with Gasteiger partial charge in [-0.1, -0.05) is 133 Å². The van der Waals surface area contributed by atoms with Gasteiger partial charge in [0.1, 0.15) is 5.54 Å². The van der Waals surface area contributed by atoms with Gasteiger partial charge in [-0.3, -0.25) is 0 Å². The van der Waals surface area contributed by atoms with Crippen LogP contribution in [-0.2, 0) is 5.54 Å². The Labute approximate surface area is 263 Å². The van der Waals surface area contributed by atoms with Crippen LogP contribution in [0.2, 0.25) is 0 Å². The second-order valence-electron chi connectivity index (χ2n) is 11.7. The maximum absolute atomic E-state index is 2.61. The number of rotatable bonds is 5. The van der Waals surface area contributed by atoms with Crippen molar-refractivity contribution in [3.63, 3.8) is 0 Å². The molecule has 1 aliphatic carbocycles. The maximum atomic E-state index is 2.61. The van der Waals surface area contributed by atoms with Crippen molar-refractivity contribution in [2.75, 3.05) is 4.90 Å². The van der Waals surface area contributed by atoms with Gasteiger partial charge in [0.25, 0.3) is 0 Å². The molecule has 0 aliphatic heterocycles. The van der Waals surface area contributed by atoms with Gasteiger partial charge in [0.15, 0.2) is 0 Å². The van der Waals surface area contributed by atoms with Crippen LogP contribution in [0, 0.1) is 0 Å². The quantitative estimate of drug-likeness (QED) is 0.198. The first-order valence-electron chi connectivity index (χ1n) is 15.5. The molecule has 0 saturated heterocycles. The highest BCUT2D eigenvalue weighted by molar-refractivity contribution is 6.10. The molecule has 9 rings (SSSR count). The minimum Gasteiger partial charge on any atom is -0.322 e. The van der Waals surface area contributed by atoms with E-state index in [2.05, 4.69) is 191 Å². The second kappa shape index (κ2) is 10.1. The number of para-hydroxylation sites is 3. The zero-order valence-electron chi connectivity index (χ0n) is 24.7. The molecule has 2 heteroatoms. The number of anilines is 3. The van der Waals surface area contributed by atoms with Gasteiger partial charge in [0.05, 0.1) is 11.0 Å². The maximum Gasteiger partial charge on any atom is 0.122 e. The fourth-order valence-electron chi connectivity index (χ4n) is 7.64. The summed E-state index contributed by atoms with van der Waals surface area (Å²) in [4.78, 5) is 2.35. The molecule has 0 saturated carbocycles. The second-order valence-corrected chi connectivity index (χ2v) is 11.7. The third-order valence-corrected chi connectivity index (χ3v) is 9.39. The van der Waals surface area contributed by atoms with Crippen molar-refractivity contribution in [3.05, 3.63) is 199 Å². The third kappa shape index (κ3) is 3.69. The van der Waals surface area contributed by atoms with Gasteiger partial charge in [-0.15, -0.1) is 0 Å². The average molecular weight is 575 g/mol. The lowest BCUT2D eigenvalue weighted by atomic mass is 9.80. The van der Waals surface area contributed by atoms with Crippen molar-refractivity contribution >= 4 is 38.9 Å². The summed E-state index contributed by atoms with van der Waals surface area (Å²) < 4.78 is 2.61. The van der Waals surface area contributed by atoms with Crippen molar-refractivity contribution in [2.24, 2.45) is 0 Å². The molecule has 0 unspecified atom stereocenters. The van der Waals surface area contributed by atoms with E-state index in [-0.39, 0.29) is 0 Å². The predicted octanol–water partition coefficient (Wildman–Crippen LogP) is 11.1. The zero-order chi connectivity index (χ0) is 29.8. The monoisotopic (exact) mass is 574 g/mol. The normalized spacial score (nSPS) is 13.1. The Kier molecular flexibility index (Phi) is 5.76. The third-order valence-electron chi connectivity index (χ3n) is 9.39. The Bertz CT molecular complexity index is 2230. The summed E-state index contributed by atoms with van der Waals surface area (Å²) in [5.41, 5.74) is 11.7.